The van der Waals surface area contributed by atoms with Crippen LogP contribution in [-0.2, 0) is 9.84 Å². The fraction of sp³-hybridized carbons (Fsp3) is 0.353. The Bertz CT molecular complexity index is 996. The van der Waals surface area contributed by atoms with Crippen LogP contribution in [0, 0.1) is 10.1 Å². The van der Waals surface area contributed by atoms with Crippen LogP contribution in [-0.4, -0.2) is 54.6 Å². The van der Waals surface area contributed by atoms with Gasteiger partial charge in [-0.15, -0.1) is 0 Å². The van der Waals surface area contributed by atoms with E-state index in [1.54, 1.807) is 18.5 Å². The number of nitro groups is 1. The van der Waals surface area contributed by atoms with Crippen molar-refractivity contribution in [3.05, 3.63) is 52.3 Å². The molecule has 10 nitrogen and oxygen atoms in total. The minimum absolute atomic E-state index is 0.0669. The molecule has 0 spiro atoms. The molecule has 3 rings (SSSR count). The molecule has 1 fully saturated rings. The smallest absolute Gasteiger partial charge is 0.271 e. The molecule has 0 saturated carbocycles. The summed E-state index contributed by atoms with van der Waals surface area (Å²) in [5.41, 5.74) is -0.515. The van der Waals surface area contributed by atoms with E-state index in [0.29, 0.717) is 12.5 Å². The van der Waals surface area contributed by atoms with Crippen LogP contribution in [0.5, 0.6) is 0 Å². The fourth-order valence-corrected chi connectivity index (χ4v) is 3.71. The summed E-state index contributed by atoms with van der Waals surface area (Å²) >= 11 is 0. The highest BCUT2D eigenvalue weighted by Gasteiger charge is 2.25. The van der Waals surface area contributed by atoms with Crippen LogP contribution in [0.15, 0.2) is 41.6 Å². The van der Waals surface area contributed by atoms with Gasteiger partial charge in [0.15, 0.2) is 9.84 Å². The number of rotatable bonds is 5. The highest BCUT2D eigenvalue weighted by atomic mass is 32.2. The van der Waals surface area contributed by atoms with Gasteiger partial charge in [0.05, 0.1) is 9.82 Å². The summed E-state index contributed by atoms with van der Waals surface area (Å²) in [7, 11) is -3.70. The van der Waals surface area contributed by atoms with Crippen LogP contribution < -0.4 is 10.2 Å². The van der Waals surface area contributed by atoms with E-state index in [9.17, 15) is 23.3 Å². The van der Waals surface area contributed by atoms with Crippen molar-refractivity contribution in [3.63, 3.8) is 0 Å². The molecular formula is C17H19N5O5S. The molecule has 1 amide bonds. The average molecular weight is 405 g/mol. The number of amides is 1. The zero-order chi connectivity index (χ0) is 20.3. The molecule has 1 saturated heterocycles. The zero-order valence-electron chi connectivity index (χ0n) is 15.1. The Morgan fingerprint density at radius 2 is 2.00 bits per heavy atom. The van der Waals surface area contributed by atoms with Gasteiger partial charge in [-0.25, -0.2) is 18.4 Å². The second-order valence-corrected chi connectivity index (χ2v) is 8.57. The Labute approximate surface area is 161 Å². The van der Waals surface area contributed by atoms with Crippen molar-refractivity contribution in [1.29, 1.82) is 0 Å². The van der Waals surface area contributed by atoms with Crippen molar-refractivity contribution >= 4 is 27.4 Å². The Kier molecular flexibility index (Phi) is 5.54. The van der Waals surface area contributed by atoms with Gasteiger partial charge in [-0.2, -0.15) is 0 Å². The first-order chi connectivity index (χ1) is 13.2. The molecule has 1 aliphatic rings. The molecule has 0 aliphatic carbocycles. The Hall–Kier alpha value is -3.08. The van der Waals surface area contributed by atoms with Crippen LogP contribution in [0.2, 0.25) is 0 Å². The normalized spacial score (nSPS) is 17.2. The second kappa shape index (κ2) is 7.89. The van der Waals surface area contributed by atoms with Gasteiger partial charge in [-0.05, 0) is 25.0 Å². The van der Waals surface area contributed by atoms with Crippen molar-refractivity contribution in [1.82, 2.24) is 15.3 Å². The van der Waals surface area contributed by atoms with Gasteiger partial charge in [-0.1, -0.05) is 0 Å². The highest BCUT2D eigenvalue weighted by Crippen LogP contribution is 2.22. The minimum Gasteiger partial charge on any atom is -0.348 e. The third-order valence-electron chi connectivity index (χ3n) is 4.38. The predicted molar refractivity (Wildman–Crippen MR) is 101 cm³/mol. The van der Waals surface area contributed by atoms with Gasteiger partial charge >= 0.3 is 0 Å². The molecule has 11 heteroatoms. The van der Waals surface area contributed by atoms with E-state index >= 15 is 0 Å². The Morgan fingerprint density at radius 3 is 2.64 bits per heavy atom. The second-order valence-electron chi connectivity index (χ2n) is 6.55. The Morgan fingerprint density at radius 1 is 1.29 bits per heavy atom. The molecule has 2 heterocycles. The summed E-state index contributed by atoms with van der Waals surface area (Å²) in [6.45, 7) is 1.25. The summed E-state index contributed by atoms with van der Waals surface area (Å²) in [5.74, 6) is 0.00518. The molecule has 0 radical (unpaired) electrons. The van der Waals surface area contributed by atoms with Gasteiger partial charge < -0.3 is 10.2 Å². The number of hydrogen-bond donors (Lipinski definition) is 1. The van der Waals surface area contributed by atoms with Crippen LogP contribution >= 0.6 is 0 Å². The van der Waals surface area contributed by atoms with Crippen LogP contribution in [0.1, 0.15) is 23.2 Å². The van der Waals surface area contributed by atoms with Gasteiger partial charge in [0.1, 0.15) is 0 Å². The maximum absolute atomic E-state index is 12.6. The predicted octanol–water partition coefficient (Wildman–Crippen LogP) is 1.19. The lowest BCUT2D eigenvalue weighted by Crippen LogP contribution is -2.48. The van der Waals surface area contributed by atoms with Gasteiger partial charge in [0.2, 0.25) is 5.95 Å². The molecule has 0 bridgehead atoms. The molecule has 28 heavy (non-hydrogen) atoms. The van der Waals surface area contributed by atoms with E-state index in [0.717, 1.165) is 43.8 Å². The van der Waals surface area contributed by atoms with Crippen molar-refractivity contribution in [2.75, 3.05) is 24.2 Å². The van der Waals surface area contributed by atoms with E-state index < -0.39 is 26.4 Å². The first kappa shape index (κ1) is 19.7. The summed E-state index contributed by atoms with van der Waals surface area (Å²) in [6.07, 6.45) is 5.75. The molecule has 1 aliphatic heterocycles. The fourth-order valence-electron chi connectivity index (χ4n) is 3.03. The number of piperidine rings is 1. The van der Waals surface area contributed by atoms with Gasteiger partial charge in [-0.3, -0.25) is 14.9 Å². The number of carbonyl (C=O) groups excluding carboxylic acids is 1. The largest absolute Gasteiger partial charge is 0.348 e. The van der Waals surface area contributed by atoms with E-state index in [1.165, 1.54) is 0 Å². The van der Waals surface area contributed by atoms with Crippen molar-refractivity contribution in [2.24, 2.45) is 0 Å². The van der Waals surface area contributed by atoms with E-state index in [-0.39, 0.29) is 16.5 Å². The number of sulfone groups is 1. The van der Waals surface area contributed by atoms with Crippen molar-refractivity contribution < 1.29 is 18.1 Å². The third kappa shape index (κ3) is 4.60. The zero-order valence-corrected chi connectivity index (χ0v) is 15.9. The quantitative estimate of drug-likeness (QED) is 0.579. The summed E-state index contributed by atoms with van der Waals surface area (Å²) in [5, 5.41) is 13.9. The Balaban J connectivity index is 1.79. The number of hydrogen-bond acceptors (Lipinski definition) is 8. The number of nitrogens with zero attached hydrogens (tertiary/aromatic N) is 4. The number of benzene rings is 1. The lowest BCUT2D eigenvalue weighted by molar-refractivity contribution is -0.385. The molecule has 1 N–H and O–H groups in total. The minimum atomic E-state index is -3.70. The van der Waals surface area contributed by atoms with Crippen molar-refractivity contribution in [2.45, 2.75) is 23.8 Å². The lowest BCUT2D eigenvalue weighted by atomic mass is 10.1. The summed E-state index contributed by atoms with van der Waals surface area (Å²) < 4.78 is 23.6. The number of anilines is 1. The standard InChI is InChI=1S/C17H19N5O5S/c1-28(26,27)15-9-12(8-14(10-15)22(24)25)16(23)20-13-4-2-7-21(11-13)17-18-5-3-6-19-17/h3,5-6,8-10,13H,2,4,7,11H2,1H3,(H,20,23). The molecule has 1 aromatic carbocycles. The summed E-state index contributed by atoms with van der Waals surface area (Å²) in [6, 6.07) is 4.67. The number of nitrogens with one attached hydrogen (secondary N) is 1. The van der Waals surface area contributed by atoms with E-state index in [2.05, 4.69) is 15.3 Å². The van der Waals surface area contributed by atoms with Crippen molar-refractivity contribution in [3.8, 4) is 0 Å². The number of carbonyl (C=O) groups is 1. The number of aromatic nitrogens is 2. The SMILES string of the molecule is CS(=O)(=O)c1cc(C(=O)NC2CCCN(c3ncccn3)C2)cc([N+](=O)[O-])c1. The first-order valence-corrected chi connectivity index (χ1v) is 10.5. The molecule has 1 atom stereocenters. The lowest BCUT2D eigenvalue weighted by Gasteiger charge is -2.33. The number of non-ortho nitro benzene ring substituents is 1. The van der Waals surface area contributed by atoms with Crippen LogP contribution in [0.4, 0.5) is 11.6 Å². The maximum Gasteiger partial charge on any atom is 0.271 e. The number of nitro benzene ring substituents is 1. The highest BCUT2D eigenvalue weighted by molar-refractivity contribution is 7.90. The first-order valence-electron chi connectivity index (χ1n) is 8.56. The van der Waals surface area contributed by atoms with Gasteiger partial charge in [0.25, 0.3) is 11.6 Å². The van der Waals surface area contributed by atoms with Crippen LogP contribution in [0.25, 0.3) is 0 Å². The molecule has 1 aromatic heterocycles. The summed E-state index contributed by atoms with van der Waals surface area (Å²) in [4.78, 5) is 33.1. The average Bonchev–Trinajstić information content (AvgIpc) is 2.68. The third-order valence-corrected chi connectivity index (χ3v) is 5.48. The molecule has 148 valence electrons. The maximum atomic E-state index is 12.6. The van der Waals surface area contributed by atoms with E-state index in [4.69, 9.17) is 0 Å². The molecule has 2 aromatic rings. The van der Waals surface area contributed by atoms with Crippen LogP contribution in [0.3, 0.4) is 0 Å². The van der Waals surface area contributed by atoms with Gasteiger partial charge in [0, 0.05) is 55.5 Å². The molecule has 1 unspecified atom stereocenters. The van der Waals surface area contributed by atoms with E-state index in [1.807, 2.05) is 4.90 Å². The molecular weight excluding hydrogens is 386 g/mol. The topological polar surface area (TPSA) is 135 Å². The monoisotopic (exact) mass is 405 g/mol.